The topological polar surface area (TPSA) is 38.3 Å². The molecule has 0 aliphatic rings. The smallest absolute Gasteiger partial charge is 0.323 e. The minimum absolute atomic E-state index is 0.156. The van der Waals surface area contributed by atoms with Crippen molar-refractivity contribution in [3.63, 3.8) is 0 Å². The largest absolute Gasteiger partial charge is 0.465 e. The van der Waals surface area contributed by atoms with E-state index in [4.69, 9.17) is 4.74 Å². The summed E-state index contributed by atoms with van der Waals surface area (Å²) in [4.78, 5) is 13.0. The van der Waals surface area contributed by atoms with Gasteiger partial charge in [0.2, 0.25) is 0 Å². The highest BCUT2D eigenvalue weighted by Gasteiger charge is 2.18. The number of esters is 1. The summed E-state index contributed by atoms with van der Waals surface area (Å²) in [6.45, 7) is 7.25. The van der Waals surface area contributed by atoms with E-state index in [1.165, 1.54) is 10.5 Å². The summed E-state index contributed by atoms with van der Waals surface area (Å²) in [6.07, 6.45) is 1.00. The van der Waals surface area contributed by atoms with E-state index in [2.05, 4.69) is 37.4 Å². The predicted octanol–water partition coefficient (Wildman–Crippen LogP) is 3.02. The number of rotatable bonds is 8. The minimum atomic E-state index is -0.231. The number of ether oxygens (including phenoxy) is 1. The van der Waals surface area contributed by atoms with E-state index in [0.717, 1.165) is 13.0 Å². The highest BCUT2D eigenvalue weighted by Crippen LogP contribution is 2.20. The molecule has 1 atom stereocenters. The van der Waals surface area contributed by atoms with E-state index in [0.29, 0.717) is 12.4 Å². The second kappa shape index (κ2) is 8.99. The fourth-order valence-corrected chi connectivity index (χ4v) is 2.71. The molecule has 106 valence electrons. The summed E-state index contributed by atoms with van der Waals surface area (Å²) >= 11 is 1.68. The highest BCUT2D eigenvalue weighted by molar-refractivity contribution is 7.99. The van der Waals surface area contributed by atoms with Crippen LogP contribution >= 0.6 is 11.8 Å². The molecule has 19 heavy (non-hydrogen) atoms. The fraction of sp³-hybridized carbons (Fsp3) is 0.533. The predicted molar refractivity (Wildman–Crippen MR) is 80.6 cm³/mol. The molecule has 1 aromatic rings. The molecule has 0 aromatic heterocycles. The van der Waals surface area contributed by atoms with Crippen LogP contribution in [0.25, 0.3) is 0 Å². The van der Waals surface area contributed by atoms with Crippen LogP contribution in [0.1, 0.15) is 25.8 Å². The van der Waals surface area contributed by atoms with Crippen molar-refractivity contribution in [1.29, 1.82) is 0 Å². The average molecular weight is 281 g/mol. The quantitative estimate of drug-likeness (QED) is 0.587. The number of thioether (sulfide) groups is 1. The Morgan fingerprint density at radius 3 is 2.84 bits per heavy atom. The molecule has 0 aliphatic heterocycles. The van der Waals surface area contributed by atoms with Gasteiger partial charge in [-0.25, -0.2) is 0 Å². The summed E-state index contributed by atoms with van der Waals surface area (Å²) in [6, 6.07) is 8.08. The summed E-state index contributed by atoms with van der Waals surface area (Å²) in [5.41, 5.74) is 1.24. The Hall–Kier alpha value is -1.00. The molecule has 0 amide bonds. The van der Waals surface area contributed by atoms with Crippen LogP contribution in [0.4, 0.5) is 0 Å². The zero-order valence-corrected chi connectivity index (χ0v) is 12.8. The van der Waals surface area contributed by atoms with Crippen LogP contribution in [-0.2, 0) is 9.53 Å². The number of hydrogen-bond acceptors (Lipinski definition) is 4. The molecule has 0 spiro atoms. The van der Waals surface area contributed by atoms with Gasteiger partial charge in [-0.2, -0.15) is 0 Å². The lowest BCUT2D eigenvalue weighted by Crippen LogP contribution is -2.40. The molecule has 1 aromatic carbocycles. The van der Waals surface area contributed by atoms with Gasteiger partial charge >= 0.3 is 5.97 Å². The van der Waals surface area contributed by atoms with Gasteiger partial charge in [0.05, 0.1) is 6.61 Å². The number of nitrogens with one attached hydrogen (secondary N) is 1. The Morgan fingerprint density at radius 1 is 1.42 bits per heavy atom. The van der Waals surface area contributed by atoms with E-state index in [1.54, 1.807) is 11.8 Å². The van der Waals surface area contributed by atoms with E-state index >= 15 is 0 Å². The normalized spacial score (nSPS) is 12.2. The third-order valence-corrected chi connectivity index (χ3v) is 3.71. The number of benzene rings is 1. The van der Waals surface area contributed by atoms with Crippen LogP contribution in [0.5, 0.6) is 0 Å². The third kappa shape index (κ3) is 6.12. The highest BCUT2D eigenvalue weighted by atomic mass is 32.2. The Labute approximate surface area is 120 Å². The molecule has 0 radical (unpaired) electrons. The van der Waals surface area contributed by atoms with Crippen molar-refractivity contribution in [3.8, 4) is 0 Å². The Kier molecular flexibility index (Phi) is 7.60. The maximum absolute atomic E-state index is 11.8. The van der Waals surface area contributed by atoms with Crippen molar-refractivity contribution < 1.29 is 9.53 Å². The van der Waals surface area contributed by atoms with Crippen molar-refractivity contribution in [2.45, 2.75) is 38.1 Å². The minimum Gasteiger partial charge on any atom is -0.465 e. The summed E-state index contributed by atoms with van der Waals surface area (Å²) < 4.78 is 5.10. The van der Waals surface area contributed by atoms with Crippen molar-refractivity contribution in [2.24, 2.45) is 0 Å². The van der Waals surface area contributed by atoms with Crippen molar-refractivity contribution in [3.05, 3.63) is 29.8 Å². The molecular formula is C15H23NO2S. The number of hydrogen-bond donors (Lipinski definition) is 1. The third-order valence-electron chi connectivity index (χ3n) is 2.62. The molecule has 0 bridgehead atoms. The SMILES string of the molecule is CCCNC(CSc1cccc(C)c1)C(=O)OCC. The van der Waals surface area contributed by atoms with Crippen molar-refractivity contribution in [1.82, 2.24) is 5.32 Å². The lowest BCUT2D eigenvalue weighted by atomic mass is 10.2. The molecule has 0 fully saturated rings. The van der Waals surface area contributed by atoms with Crippen molar-refractivity contribution in [2.75, 3.05) is 18.9 Å². The summed E-state index contributed by atoms with van der Waals surface area (Å²) in [7, 11) is 0. The average Bonchev–Trinajstić information content (AvgIpc) is 2.39. The van der Waals surface area contributed by atoms with Gasteiger partial charge in [-0.15, -0.1) is 11.8 Å². The van der Waals surface area contributed by atoms with Crippen LogP contribution in [0.15, 0.2) is 29.2 Å². The van der Waals surface area contributed by atoms with Gasteiger partial charge in [-0.1, -0.05) is 24.6 Å². The first kappa shape index (κ1) is 16.1. The lowest BCUT2D eigenvalue weighted by Gasteiger charge is -2.16. The monoisotopic (exact) mass is 281 g/mol. The molecule has 3 nitrogen and oxygen atoms in total. The van der Waals surface area contributed by atoms with Crippen LogP contribution in [0.3, 0.4) is 0 Å². The summed E-state index contributed by atoms with van der Waals surface area (Å²) in [5, 5.41) is 3.24. The molecule has 0 aliphatic carbocycles. The second-order valence-corrected chi connectivity index (χ2v) is 5.48. The standard InChI is InChI=1S/C15H23NO2S/c1-4-9-16-14(15(17)18-5-2)11-19-13-8-6-7-12(3)10-13/h6-8,10,14,16H,4-5,9,11H2,1-3H3. The van der Waals surface area contributed by atoms with Gasteiger partial charge in [-0.3, -0.25) is 4.79 Å². The Morgan fingerprint density at radius 2 is 2.21 bits per heavy atom. The van der Waals surface area contributed by atoms with E-state index < -0.39 is 0 Å². The zero-order chi connectivity index (χ0) is 14.1. The molecule has 0 heterocycles. The van der Waals surface area contributed by atoms with Gasteiger partial charge in [0.15, 0.2) is 0 Å². The first-order valence-corrected chi connectivity index (χ1v) is 7.75. The van der Waals surface area contributed by atoms with E-state index in [1.807, 2.05) is 13.0 Å². The first-order chi connectivity index (χ1) is 9.17. The second-order valence-electron chi connectivity index (χ2n) is 4.39. The first-order valence-electron chi connectivity index (χ1n) is 6.76. The molecule has 1 rings (SSSR count). The lowest BCUT2D eigenvalue weighted by molar-refractivity contribution is -0.144. The van der Waals surface area contributed by atoms with Gasteiger partial charge < -0.3 is 10.1 Å². The van der Waals surface area contributed by atoms with Crippen LogP contribution < -0.4 is 5.32 Å². The summed E-state index contributed by atoms with van der Waals surface area (Å²) in [5.74, 6) is 0.540. The number of aryl methyl sites for hydroxylation is 1. The Balaban J connectivity index is 2.54. The van der Waals surface area contributed by atoms with Crippen LogP contribution in [0.2, 0.25) is 0 Å². The maximum Gasteiger partial charge on any atom is 0.323 e. The van der Waals surface area contributed by atoms with E-state index in [-0.39, 0.29) is 12.0 Å². The molecular weight excluding hydrogens is 258 g/mol. The van der Waals surface area contributed by atoms with E-state index in [9.17, 15) is 4.79 Å². The van der Waals surface area contributed by atoms with Gasteiger partial charge in [0, 0.05) is 10.6 Å². The molecule has 4 heteroatoms. The van der Waals surface area contributed by atoms with Crippen LogP contribution in [0, 0.1) is 6.92 Å². The molecule has 0 saturated heterocycles. The molecule has 0 saturated carbocycles. The Bertz CT molecular complexity index is 395. The van der Waals surface area contributed by atoms with Crippen LogP contribution in [-0.4, -0.2) is 30.9 Å². The maximum atomic E-state index is 11.8. The number of carbonyl (C=O) groups excluding carboxylic acids is 1. The fourth-order valence-electron chi connectivity index (χ4n) is 1.66. The molecule has 1 N–H and O–H groups in total. The van der Waals surface area contributed by atoms with Gasteiger partial charge in [-0.05, 0) is 38.9 Å². The molecule has 1 unspecified atom stereocenters. The zero-order valence-electron chi connectivity index (χ0n) is 11.9. The van der Waals surface area contributed by atoms with Gasteiger partial charge in [0.1, 0.15) is 6.04 Å². The van der Waals surface area contributed by atoms with Crippen molar-refractivity contribution >= 4 is 17.7 Å². The number of carbonyl (C=O) groups is 1. The van der Waals surface area contributed by atoms with Gasteiger partial charge in [0.25, 0.3) is 0 Å².